The summed E-state index contributed by atoms with van der Waals surface area (Å²) in [6.45, 7) is 3.85. The molecule has 140 valence electrons. The fourth-order valence-corrected chi connectivity index (χ4v) is 5.08. The molecule has 9 heteroatoms. The molecule has 2 heterocycles. The third-order valence-electron chi connectivity index (χ3n) is 4.45. The van der Waals surface area contributed by atoms with Crippen molar-refractivity contribution in [1.29, 1.82) is 0 Å². The van der Waals surface area contributed by atoms with Gasteiger partial charge in [0.15, 0.2) is 14.8 Å². The third-order valence-corrected chi connectivity index (χ3v) is 7.44. The first-order valence-corrected chi connectivity index (χ1v) is 11.0. The van der Waals surface area contributed by atoms with Crippen molar-refractivity contribution in [3.05, 3.63) is 52.1 Å². The normalized spacial score (nSPS) is 16.0. The van der Waals surface area contributed by atoms with Gasteiger partial charge in [-0.1, -0.05) is 41.7 Å². The van der Waals surface area contributed by atoms with Gasteiger partial charge in [0.05, 0.1) is 4.92 Å². The van der Waals surface area contributed by atoms with E-state index >= 15 is 0 Å². The maximum absolute atomic E-state index is 11.7. The molecule has 0 radical (unpaired) electrons. The molecule has 0 spiro atoms. The second kappa shape index (κ2) is 7.73. The molecule has 0 unspecified atom stereocenters. The molecule has 1 fully saturated rings. The van der Waals surface area contributed by atoms with Crippen LogP contribution in [-0.2, 0) is 16.3 Å². The molecule has 0 amide bonds. The van der Waals surface area contributed by atoms with E-state index in [2.05, 4.69) is 17.0 Å². The van der Waals surface area contributed by atoms with Crippen LogP contribution in [0.15, 0.2) is 40.6 Å². The summed E-state index contributed by atoms with van der Waals surface area (Å²) in [5.41, 5.74) is 1.18. The predicted molar refractivity (Wildman–Crippen MR) is 103 cm³/mol. The van der Waals surface area contributed by atoms with Crippen LogP contribution >= 0.6 is 11.3 Å². The van der Waals surface area contributed by atoms with Crippen molar-refractivity contribution in [1.82, 2.24) is 4.90 Å². The Kier molecular flexibility index (Phi) is 5.59. The van der Waals surface area contributed by atoms with E-state index in [9.17, 15) is 18.5 Å². The van der Waals surface area contributed by atoms with E-state index in [4.69, 9.17) is 0 Å². The van der Waals surface area contributed by atoms with Gasteiger partial charge in [-0.2, -0.15) is 0 Å². The van der Waals surface area contributed by atoms with Crippen LogP contribution in [0.4, 0.5) is 10.7 Å². The van der Waals surface area contributed by atoms with Crippen molar-refractivity contribution in [2.75, 3.05) is 43.9 Å². The van der Waals surface area contributed by atoms with E-state index in [0.29, 0.717) is 18.1 Å². The summed E-state index contributed by atoms with van der Waals surface area (Å²) >= 11 is 0.991. The summed E-state index contributed by atoms with van der Waals surface area (Å²) < 4.78 is 23.5. The summed E-state index contributed by atoms with van der Waals surface area (Å²) in [6, 6.07) is 11.5. The second-order valence-electron chi connectivity index (χ2n) is 6.35. The van der Waals surface area contributed by atoms with Gasteiger partial charge in [-0.05, 0) is 12.0 Å². The number of rotatable bonds is 6. The minimum atomic E-state index is -3.45. The van der Waals surface area contributed by atoms with Crippen molar-refractivity contribution < 1.29 is 13.3 Å². The molecular formula is C17H21N3O4S2. The predicted octanol–water partition coefficient (Wildman–Crippen LogP) is 2.42. The molecular weight excluding hydrogens is 374 g/mol. The molecule has 0 saturated carbocycles. The van der Waals surface area contributed by atoms with Gasteiger partial charge in [-0.25, -0.2) is 8.42 Å². The number of hydrogen-bond acceptors (Lipinski definition) is 7. The van der Waals surface area contributed by atoms with Crippen molar-refractivity contribution >= 4 is 31.9 Å². The van der Waals surface area contributed by atoms with E-state index < -0.39 is 14.8 Å². The first kappa shape index (κ1) is 18.8. The Labute approximate surface area is 156 Å². The first-order valence-electron chi connectivity index (χ1n) is 8.34. The Hall–Kier alpha value is -1.97. The molecule has 1 aliphatic rings. The molecule has 2 aromatic rings. The fraction of sp³-hybridized carbons (Fsp3) is 0.412. The summed E-state index contributed by atoms with van der Waals surface area (Å²) in [6.07, 6.45) is 2.05. The van der Waals surface area contributed by atoms with Gasteiger partial charge in [0.2, 0.25) is 0 Å². The van der Waals surface area contributed by atoms with Crippen LogP contribution in [0.25, 0.3) is 0 Å². The zero-order chi connectivity index (χ0) is 18.7. The Morgan fingerprint density at radius 3 is 2.38 bits per heavy atom. The van der Waals surface area contributed by atoms with Crippen molar-refractivity contribution in [2.45, 2.75) is 10.6 Å². The minimum absolute atomic E-state index is 0.0470. The number of anilines is 1. The van der Waals surface area contributed by atoms with Crippen molar-refractivity contribution in [3.8, 4) is 0 Å². The lowest BCUT2D eigenvalue weighted by molar-refractivity contribution is -0.383. The van der Waals surface area contributed by atoms with Crippen LogP contribution in [0, 0.1) is 10.1 Å². The molecule has 1 aliphatic heterocycles. The Balaban J connectivity index is 1.64. The van der Waals surface area contributed by atoms with Gasteiger partial charge >= 0.3 is 5.69 Å². The SMILES string of the molecule is CS(=O)(=O)c1cc([N+](=O)[O-])c(N2CCN(CCc3ccccc3)CC2)s1. The summed E-state index contributed by atoms with van der Waals surface area (Å²) in [5.74, 6) is 0. The highest BCUT2D eigenvalue weighted by Crippen LogP contribution is 2.40. The summed E-state index contributed by atoms with van der Waals surface area (Å²) in [4.78, 5) is 15.1. The Morgan fingerprint density at radius 2 is 1.81 bits per heavy atom. The van der Waals surface area contributed by atoms with Gasteiger partial charge < -0.3 is 4.90 Å². The second-order valence-corrected chi connectivity index (χ2v) is 9.62. The Bertz CT molecular complexity index is 873. The molecule has 26 heavy (non-hydrogen) atoms. The molecule has 0 N–H and O–H groups in total. The highest BCUT2D eigenvalue weighted by molar-refractivity contribution is 7.92. The minimum Gasteiger partial charge on any atom is -0.355 e. The number of benzene rings is 1. The van der Waals surface area contributed by atoms with Gasteiger partial charge in [0.1, 0.15) is 4.21 Å². The highest BCUT2D eigenvalue weighted by atomic mass is 32.2. The molecule has 3 rings (SSSR count). The van der Waals surface area contributed by atoms with E-state index in [0.717, 1.165) is 43.6 Å². The molecule has 1 saturated heterocycles. The zero-order valence-corrected chi connectivity index (χ0v) is 16.1. The van der Waals surface area contributed by atoms with Crippen LogP contribution in [0.3, 0.4) is 0 Å². The van der Waals surface area contributed by atoms with Crippen molar-refractivity contribution in [2.24, 2.45) is 0 Å². The monoisotopic (exact) mass is 395 g/mol. The largest absolute Gasteiger partial charge is 0.355 e. The standard InChI is InChI=1S/C17H21N3O4S2/c1-26(23,24)16-13-15(20(21)22)17(25-16)19-11-9-18(10-12-19)8-7-14-5-3-2-4-6-14/h2-6,13H,7-12H2,1H3. The topological polar surface area (TPSA) is 83.8 Å². The first-order chi connectivity index (χ1) is 12.3. The van der Waals surface area contributed by atoms with E-state index in [1.165, 1.54) is 11.6 Å². The van der Waals surface area contributed by atoms with Crippen LogP contribution in [-0.4, -0.2) is 57.2 Å². The van der Waals surface area contributed by atoms with Gasteiger partial charge in [0, 0.05) is 45.0 Å². The average Bonchev–Trinajstić information content (AvgIpc) is 3.07. The molecule has 0 bridgehead atoms. The van der Waals surface area contributed by atoms with E-state index in [1.54, 1.807) is 0 Å². The molecule has 0 atom stereocenters. The van der Waals surface area contributed by atoms with E-state index in [1.807, 2.05) is 23.1 Å². The molecule has 0 aliphatic carbocycles. The summed E-state index contributed by atoms with van der Waals surface area (Å²) in [7, 11) is -3.45. The lowest BCUT2D eigenvalue weighted by Crippen LogP contribution is -2.46. The number of nitrogens with zero attached hydrogens (tertiary/aromatic N) is 3. The van der Waals surface area contributed by atoms with E-state index in [-0.39, 0.29) is 9.90 Å². The number of hydrogen-bond donors (Lipinski definition) is 0. The molecule has 7 nitrogen and oxygen atoms in total. The maximum Gasteiger partial charge on any atom is 0.305 e. The smallest absolute Gasteiger partial charge is 0.305 e. The van der Waals surface area contributed by atoms with Crippen LogP contribution in [0.5, 0.6) is 0 Å². The summed E-state index contributed by atoms with van der Waals surface area (Å²) in [5, 5.41) is 11.8. The zero-order valence-electron chi connectivity index (χ0n) is 14.5. The van der Waals surface area contributed by atoms with Gasteiger partial charge in [0.25, 0.3) is 0 Å². The Morgan fingerprint density at radius 1 is 1.15 bits per heavy atom. The fourth-order valence-electron chi connectivity index (χ4n) is 3.00. The average molecular weight is 396 g/mol. The van der Waals surface area contributed by atoms with Gasteiger partial charge in [-0.15, -0.1) is 0 Å². The maximum atomic E-state index is 11.7. The number of piperazine rings is 1. The quantitative estimate of drug-likeness (QED) is 0.552. The van der Waals surface area contributed by atoms with Gasteiger partial charge in [-0.3, -0.25) is 15.0 Å². The highest BCUT2D eigenvalue weighted by Gasteiger charge is 2.29. The lowest BCUT2D eigenvalue weighted by atomic mass is 10.1. The van der Waals surface area contributed by atoms with Crippen molar-refractivity contribution in [3.63, 3.8) is 0 Å². The van der Waals surface area contributed by atoms with Crippen LogP contribution in [0.1, 0.15) is 5.56 Å². The van der Waals surface area contributed by atoms with Crippen LogP contribution < -0.4 is 4.90 Å². The third kappa shape index (κ3) is 4.40. The molecule has 1 aromatic heterocycles. The number of nitro groups is 1. The van der Waals surface area contributed by atoms with Crippen LogP contribution in [0.2, 0.25) is 0 Å². The molecule has 1 aromatic carbocycles. The number of thiophene rings is 1. The lowest BCUT2D eigenvalue weighted by Gasteiger charge is -2.34. The number of sulfone groups is 1.